The summed E-state index contributed by atoms with van der Waals surface area (Å²) in [5.41, 5.74) is 1.36. The van der Waals surface area contributed by atoms with Crippen molar-refractivity contribution in [3.63, 3.8) is 0 Å². The third-order valence-electron chi connectivity index (χ3n) is 2.44. The van der Waals surface area contributed by atoms with Gasteiger partial charge in [-0.25, -0.2) is 4.98 Å². The van der Waals surface area contributed by atoms with Crippen LogP contribution in [0, 0.1) is 0 Å². The van der Waals surface area contributed by atoms with E-state index in [9.17, 15) is 4.79 Å². The lowest BCUT2D eigenvalue weighted by Gasteiger charge is -2.04. The molecule has 0 saturated heterocycles. The van der Waals surface area contributed by atoms with Crippen molar-refractivity contribution in [2.45, 2.75) is 0 Å². The van der Waals surface area contributed by atoms with Gasteiger partial charge in [0.15, 0.2) is 0 Å². The van der Waals surface area contributed by atoms with E-state index in [1.165, 1.54) is 24.2 Å². The van der Waals surface area contributed by atoms with E-state index in [1.807, 2.05) is 0 Å². The van der Waals surface area contributed by atoms with Crippen molar-refractivity contribution in [1.82, 2.24) is 19.7 Å². The fourth-order valence-electron chi connectivity index (χ4n) is 1.62. The maximum atomic E-state index is 11.7. The number of aliphatic hydroxyl groups is 1. The van der Waals surface area contributed by atoms with Gasteiger partial charge in [-0.2, -0.15) is 10.1 Å². The molecule has 0 bridgehead atoms. The second kappa shape index (κ2) is 4.92. The molecule has 2 aromatic heterocycles. The molecule has 2 aromatic rings. The van der Waals surface area contributed by atoms with Gasteiger partial charge >= 0.3 is 6.01 Å². The molecule has 0 aromatic carbocycles. The van der Waals surface area contributed by atoms with Crippen LogP contribution in [0.4, 0.5) is 0 Å². The molecule has 0 saturated carbocycles. The summed E-state index contributed by atoms with van der Waals surface area (Å²) in [5.74, 6) is -0.414. The lowest BCUT2D eigenvalue weighted by Crippen LogP contribution is -2.12. The van der Waals surface area contributed by atoms with Crippen molar-refractivity contribution < 1.29 is 14.6 Å². The van der Waals surface area contributed by atoms with E-state index in [0.717, 1.165) is 0 Å². The Morgan fingerprint density at radius 1 is 1.56 bits per heavy atom. The summed E-state index contributed by atoms with van der Waals surface area (Å²) in [5, 5.41) is 13.0. The zero-order chi connectivity index (χ0) is 13.1. The van der Waals surface area contributed by atoms with E-state index in [-0.39, 0.29) is 6.01 Å². The molecule has 18 heavy (non-hydrogen) atoms. The molecule has 0 unspecified atom stereocenters. The summed E-state index contributed by atoms with van der Waals surface area (Å²) in [6.45, 7) is -0.575. The standard InChI is InChI=1S/C11H12N4O3/c1-15-10(9(17)6-16)7(5-13-15)8-3-4-12-11(14-8)18-2/h3-5,16H,6H2,1-2H3. The molecule has 0 aliphatic carbocycles. The number of hydrogen-bond donors (Lipinski definition) is 1. The Morgan fingerprint density at radius 3 is 3.00 bits per heavy atom. The highest BCUT2D eigenvalue weighted by atomic mass is 16.5. The number of ketones is 1. The largest absolute Gasteiger partial charge is 0.467 e. The van der Waals surface area contributed by atoms with Crippen LogP contribution in [0.15, 0.2) is 18.5 Å². The summed E-state index contributed by atoms with van der Waals surface area (Å²) < 4.78 is 6.33. The molecule has 0 aliphatic heterocycles. The zero-order valence-corrected chi connectivity index (χ0v) is 9.99. The van der Waals surface area contributed by atoms with Gasteiger partial charge in [-0.1, -0.05) is 0 Å². The van der Waals surface area contributed by atoms with E-state index in [0.29, 0.717) is 17.0 Å². The van der Waals surface area contributed by atoms with Gasteiger partial charge in [0.1, 0.15) is 12.3 Å². The smallest absolute Gasteiger partial charge is 0.316 e. The molecule has 0 aliphatic rings. The highest BCUT2D eigenvalue weighted by Gasteiger charge is 2.18. The zero-order valence-electron chi connectivity index (χ0n) is 9.99. The lowest BCUT2D eigenvalue weighted by atomic mass is 10.1. The van der Waals surface area contributed by atoms with Gasteiger partial charge in [0.05, 0.1) is 19.0 Å². The van der Waals surface area contributed by atoms with E-state index in [2.05, 4.69) is 15.1 Å². The van der Waals surface area contributed by atoms with Gasteiger partial charge in [-0.3, -0.25) is 9.48 Å². The highest BCUT2D eigenvalue weighted by molar-refractivity contribution is 6.01. The number of aliphatic hydroxyl groups excluding tert-OH is 1. The highest BCUT2D eigenvalue weighted by Crippen LogP contribution is 2.22. The SMILES string of the molecule is COc1nccc(-c2cnn(C)c2C(=O)CO)n1. The summed E-state index contributed by atoms with van der Waals surface area (Å²) in [6, 6.07) is 1.85. The van der Waals surface area contributed by atoms with Gasteiger partial charge < -0.3 is 9.84 Å². The minimum atomic E-state index is -0.575. The number of aromatic nitrogens is 4. The second-order valence-corrected chi connectivity index (χ2v) is 3.54. The van der Waals surface area contributed by atoms with Gasteiger partial charge in [0, 0.05) is 18.8 Å². The molecule has 1 N–H and O–H groups in total. The van der Waals surface area contributed by atoms with Gasteiger partial charge in [-0.15, -0.1) is 0 Å². The van der Waals surface area contributed by atoms with Crippen LogP contribution in [0.25, 0.3) is 11.3 Å². The Kier molecular flexibility index (Phi) is 3.33. The fraction of sp³-hybridized carbons (Fsp3) is 0.273. The molecule has 0 spiro atoms. The molecule has 0 fully saturated rings. The third kappa shape index (κ3) is 2.07. The van der Waals surface area contributed by atoms with Gasteiger partial charge in [0.25, 0.3) is 0 Å². The maximum absolute atomic E-state index is 11.7. The van der Waals surface area contributed by atoms with Crippen LogP contribution in [0.2, 0.25) is 0 Å². The van der Waals surface area contributed by atoms with E-state index < -0.39 is 12.4 Å². The van der Waals surface area contributed by atoms with Crippen LogP contribution in [0.5, 0.6) is 6.01 Å². The van der Waals surface area contributed by atoms with Crippen LogP contribution < -0.4 is 4.74 Å². The third-order valence-corrected chi connectivity index (χ3v) is 2.44. The van der Waals surface area contributed by atoms with Crippen molar-refractivity contribution in [2.24, 2.45) is 7.05 Å². The first-order valence-corrected chi connectivity index (χ1v) is 5.20. The van der Waals surface area contributed by atoms with Crippen LogP contribution >= 0.6 is 0 Å². The Balaban J connectivity index is 2.53. The predicted molar refractivity (Wildman–Crippen MR) is 62.2 cm³/mol. The molecule has 2 rings (SSSR count). The molecule has 7 heteroatoms. The summed E-state index contributed by atoms with van der Waals surface area (Å²) in [7, 11) is 3.09. The van der Waals surface area contributed by atoms with E-state index >= 15 is 0 Å². The quantitative estimate of drug-likeness (QED) is 0.769. The van der Waals surface area contributed by atoms with Crippen LogP contribution in [0.1, 0.15) is 10.5 Å². The van der Waals surface area contributed by atoms with Crippen molar-refractivity contribution in [1.29, 1.82) is 0 Å². The number of ether oxygens (including phenoxy) is 1. The van der Waals surface area contributed by atoms with Crippen LogP contribution in [-0.2, 0) is 7.05 Å². The number of aryl methyl sites for hydroxylation is 1. The minimum absolute atomic E-state index is 0.207. The normalized spacial score (nSPS) is 10.4. The van der Waals surface area contributed by atoms with Crippen molar-refractivity contribution in [2.75, 3.05) is 13.7 Å². The summed E-state index contributed by atoms with van der Waals surface area (Å²) >= 11 is 0. The van der Waals surface area contributed by atoms with Crippen molar-refractivity contribution in [3.05, 3.63) is 24.2 Å². The van der Waals surface area contributed by atoms with Crippen LogP contribution in [-0.4, -0.2) is 44.4 Å². The minimum Gasteiger partial charge on any atom is -0.467 e. The Hall–Kier alpha value is -2.28. The van der Waals surface area contributed by atoms with Crippen molar-refractivity contribution >= 4 is 5.78 Å². The Labute approximate surface area is 103 Å². The molecule has 2 heterocycles. The lowest BCUT2D eigenvalue weighted by molar-refractivity contribution is 0.0895. The molecule has 94 valence electrons. The topological polar surface area (TPSA) is 90.1 Å². The van der Waals surface area contributed by atoms with E-state index in [4.69, 9.17) is 9.84 Å². The second-order valence-electron chi connectivity index (χ2n) is 3.54. The van der Waals surface area contributed by atoms with Gasteiger partial charge in [-0.05, 0) is 6.07 Å². The predicted octanol–water partition coefficient (Wildman–Crippen LogP) is 0.0607. The van der Waals surface area contributed by atoms with Gasteiger partial charge in [0.2, 0.25) is 5.78 Å². The first-order chi connectivity index (χ1) is 8.67. The number of nitrogens with zero attached hydrogens (tertiary/aromatic N) is 4. The van der Waals surface area contributed by atoms with E-state index in [1.54, 1.807) is 13.1 Å². The molecule has 7 nitrogen and oxygen atoms in total. The maximum Gasteiger partial charge on any atom is 0.316 e. The first-order valence-electron chi connectivity index (χ1n) is 5.20. The number of methoxy groups -OCH3 is 1. The molecule has 0 radical (unpaired) electrons. The Bertz CT molecular complexity index is 579. The van der Waals surface area contributed by atoms with Crippen LogP contribution in [0.3, 0.4) is 0 Å². The summed E-state index contributed by atoms with van der Waals surface area (Å²) in [6.07, 6.45) is 3.05. The summed E-state index contributed by atoms with van der Waals surface area (Å²) in [4.78, 5) is 19.7. The average molecular weight is 248 g/mol. The number of hydrogen-bond acceptors (Lipinski definition) is 6. The number of carbonyl (C=O) groups excluding carboxylic acids is 1. The molecule has 0 atom stereocenters. The first kappa shape index (κ1) is 12.2. The number of rotatable bonds is 4. The number of Topliss-reactive ketones (excluding diaryl/α,β-unsaturated/α-hetero) is 1. The van der Waals surface area contributed by atoms with Crippen molar-refractivity contribution in [3.8, 4) is 17.3 Å². The molecular weight excluding hydrogens is 236 g/mol. The monoisotopic (exact) mass is 248 g/mol. The number of carbonyl (C=O) groups is 1. The molecular formula is C11H12N4O3. The fourth-order valence-corrected chi connectivity index (χ4v) is 1.62. The molecule has 0 amide bonds. The Morgan fingerprint density at radius 2 is 2.33 bits per heavy atom. The average Bonchev–Trinajstić information content (AvgIpc) is 2.80.